The summed E-state index contributed by atoms with van der Waals surface area (Å²) in [5.74, 6) is -3.88. The first kappa shape index (κ1) is 25.8. The minimum Gasteiger partial charge on any atom is -0.480 e. The smallest absolute Gasteiger partial charge is 0.328 e. The number of nitrogens with two attached hydrogens (primary N) is 1. The van der Waals surface area contributed by atoms with Crippen molar-refractivity contribution >= 4 is 34.6 Å². The van der Waals surface area contributed by atoms with Crippen molar-refractivity contribution in [3.63, 3.8) is 0 Å². The molecule has 9 N–H and O–H groups in total. The number of aromatic amines is 1. The number of carbonyl (C=O) groups is 4. The SMILES string of the molecule is CC(N)C(=O)NC(Cc1c[nH]c2ccccc12)C(=O)NC(CO)C(=O)NC(C(=O)O)C(C)O. The molecule has 0 bridgehead atoms. The Hall–Kier alpha value is -3.48. The molecule has 2 aromatic rings. The summed E-state index contributed by atoms with van der Waals surface area (Å²) in [7, 11) is 0. The second-order valence-electron chi connectivity index (χ2n) is 7.72. The molecule has 0 spiro atoms. The molecule has 0 fully saturated rings. The summed E-state index contributed by atoms with van der Waals surface area (Å²) in [5, 5.41) is 36.0. The Kier molecular flexibility index (Phi) is 8.91. The molecule has 0 aliphatic heterocycles. The van der Waals surface area contributed by atoms with Crippen LogP contribution < -0.4 is 21.7 Å². The number of aliphatic carboxylic acids is 1. The third-order valence-electron chi connectivity index (χ3n) is 5.01. The zero-order valence-electron chi connectivity index (χ0n) is 18.2. The van der Waals surface area contributed by atoms with Crippen molar-refractivity contribution in [3.05, 3.63) is 36.0 Å². The molecule has 0 saturated heterocycles. The van der Waals surface area contributed by atoms with Gasteiger partial charge in [-0.2, -0.15) is 0 Å². The number of aliphatic hydroxyl groups excluding tert-OH is 2. The van der Waals surface area contributed by atoms with E-state index < -0.39 is 60.6 Å². The maximum absolute atomic E-state index is 13.0. The number of rotatable bonds is 11. The van der Waals surface area contributed by atoms with E-state index in [1.165, 1.54) is 13.8 Å². The highest BCUT2D eigenvalue weighted by Crippen LogP contribution is 2.19. The van der Waals surface area contributed by atoms with Crippen molar-refractivity contribution in [1.29, 1.82) is 0 Å². The average molecular weight is 463 g/mol. The number of hydrogen-bond acceptors (Lipinski definition) is 7. The lowest BCUT2D eigenvalue weighted by Crippen LogP contribution is -2.59. The lowest BCUT2D eigenvalue weighted by atomic mass is 10.0. The molecule has 180 valence electrons. The maximum atomic E-state index is 13.0. The van der Waals surface area contributed by atoms with Gasteiger partial charge in [-0.25, -0.2) is 4.79 Å². The molecule has 1 aromatic heterocycles. The topological polar surface area (TPSA) is 207 Å². The first-order valence-electron chi connectivity index (χ1n) is 10.3. The van der Waals surface area contributed by atoms with Gasteiger partial charge in [-0.15, -0.1) is 0 Å². The van der Waals surface area contributed by atoms with E-state index in [2.05, 4.69) is 20.9 Å². The Morgan fingerprint density at radius 1 is 1.00 bits per heavy atom. The van der Waals surface area contributed by atoms with Crippen LogP contribution in [0.15, 0.2) is 30.5 Å². The van der Waals surface area contributed by atoms with E-state index in [0.717, 1.165) is 16.5 Å². The van der Waals surface area contributed by atoms with E-state index >= 15 is 0 Å². The Balaban J connectivity index is 2.21. The third-order valence-corrected chi connectivity index (χ3v) is 5.01. The van der Waals surface area contributed by atoms with Gasteiger partial charge in [0.05, 0.1) is 18.8 Å². The van der Waals surface area contributed by atoms with Gasteiger partial charge in [0.2, 0.25) is 17.7 Å². The molecule has 12 nitrogen and oxygen atoms in total. The minimum atomic E-state index is -1.64. The van der Waals surface area contributed by atoms with Crippen LogP contribution in [0.25, 0.3) is 10.9 Å². The minimum absolute atomic E-state index is 0.0551. The summed E-state index contributed by atoms with van der Waals surface area (Å²) in [5.41, 5.74) is 7.15. The van der Waals surface area contributed by atoms with Gasteiger partial charge in [0.1, 0.15) is 12.1 Å². The van der Waals surface area contributed by atoms with E-state index in [4.69, 9.17) is 10.8 Å². The van der Waals surface area contributed by atoms with E-state index in [-0.39, 0.29) is 6.42 Å². The van der Waals surface area contributed by atoms with Gasteiger partial charge in [-0.3, -0.25) is 14.4 Å². The number of amides is 3. The molecule has 1 aromatic carbocycles. The largest absolute Gasteiger partial charge is 0.480 e. The van der Waals surface area contributed by atoms with Gasteiger partial charge >= 0.3 is 5.97 Å². The third kappa shape index (κ3) is 6.75. The fourth-order valence-electron chi connectivity index (χ4n) is 3.14. The summed E-state index contributed by atoms with van der Waals surface area (Å²) in [6.07, 6.45) is 0.333. The number of H-pyrrole nitrogens is 1. The molecule has 0 saturated carbocycles. The van der Waals surface area contributed by atoms with Crippen molar-refractivity contribution in [3.8, 4) is 0 Å². The Morgan fingerprint density at radius 3 is 2.18 bits per heavy atom. The predicted molar refractivity (Wildman–Crippen MR) is 118 cm³/mol. The molecule has 33 heavy (non-hydrogen) atoms. The lowest BCUT2D eigenvalue weighted by molar-refractivity contribution is -0.145. The fourth-order valence-corrected chi connectivity index (χ4v) is 3.14. The molecule has 0 aliphatic carbocycles. The number of hydrogen-bond donors (Lipinski definition) is 8. The molecular weight excluding hydrogens is 434 g/mol. The molecule has 1 heterocycles. The van der Waals surface area contributed by atoms with E-state index in [0.29, 0.717) is 0 Å². The average Bonchev–Trinajstić information content (AvgIpc) is 3.17. The highest BCUT2D eigenvalue weighted by molar-refractivity contribution is 5.95. The van der Waals surface area contributed by atoms with Gasteiger partial charge in [-0.1, -0.05) is 18.2 Å². The Bertz CT molecular complexity index is 1000. The number of carboxylic acid groups (broad SMARTS) is 1. The van der Waals surface area contributed by atoms with Crippen LogP contribution in [0.4, 0.5) is 0 Å². The number of aliphatic hydroxyl groups is 2. The highest BCUT2D eigenvalue weighted by Gasteiger charge is 2.31. The van der Waals surface area contributed by atoms with Crippen molar-refractivity contribution in [1.82, 2.24) is 20.9 Å². The number of para-hydroxylation sites is 1. The van der Waals surface area contributed by atoms with Gasteiger partial charge in [-0.05, 0) is 25.5 Å². The van der Waals surface area contributed by atoms with Crippen LogP contribution in [0.5, 0.6) is 0 Å². The second kappa shape index (κ2) is 11.4. The lowest BCUT2D eigenvalue weighted by Gasteiger charge is -2.24. The Morgan fingerprint density at radius 2 is 1.61 bits per heavy atom. The van der Waals surface area contributed by atoms with E-state index in [1.807, 2.05) is 24.3 Å². The zero-order valence-corrected chi connectivity index (χ0v) is 18.2. The molecular formula is C21H29N5O7. The number of fused-ring (bicyclic) bond motifs is 1. The van der Waals surface area contributed by atoms with Crippen molar-refractivity contribution in [2.45, 2.75) is 50.5 Å². The van der Waals surface area contributed by atoms with Gasteiger partial charge in [0.15, 0.2) is 6.04 Å². The van der Waals surface area contributed by atoms with E-state index in [9.17, 15) is 29.4 Å². The molecule has 0 aliphatic rings. The van der Waals surface area contributed by atoms with Crippen molar-refractivity contribution in [2.24, 2.45) is 5.73 Å². The number of aromatic nitrogens is 1. The number of benzene rings is 1. The second-order valence-corrected chi connectivity index (χ2v) is 7.72. The standard InChI is InChI=1S/C21H29N5O7/c1-10(22)18(29)24-15(7-12-8-23-14-6-4-3-5-13(12)14)19(30)25-16(9-27)20(31)26-17(11(2)28)21(32)33/h3-6,8,10-11,15-17,23,27-28H,7,9,22H2,1-2H3,(H,24,29)(H,25,30)(H,26,31)(H,32,33). The van der Waals surface area contributed by atoms with Gasteiger partial charge in [0.25, 0.3) is 0 Å². The van der Waals surface area contributed by atoms with Crippen LogP contribution >= 0.6 is 0 Å². The van der Waals surface area contributed by atoms with Crippen LogP contribution in [0.3, 0.4) is 0 Å². The van der Waals surface area contributed by atoms with Crippen molar-refractivity contribution in [2.75, 3.05) is 6.61 Å². The molecule has 3 amide bonds. The quantitative estimate of drug-likeness (QED) is 0.186. The van der Waals surface area contributed by atoms with Gasteiger partial charge < -0.3 is 42.0 Å². The van der Waals surface area contributed by atoms with Crippen LogP contribution in [-0.2, 0) is 25.6 Å². The van der Waals surface area contributed by atoms with Crippen LogP contribution in [0.1, 0.15) is 19.4 Å². The maximum Gasteiger partial charge on any atom is 0.328 e. The molecule has 5 unspecified atom stereocenters. The summed E-state index contributed by atoms with van der Waals surface area (Å²) < 4.78 is 0. The normalized spacial score (nSPS) is 15.7. The van der Waals surface area contributed by atoms with Gasteiger partial charge in [0, 0.05) is 23.5 Å². The van der Waals surface area contributed by atoms with Crippen LogP contribution in [0.2, 0.25) is 0 Å². The molecule has 0 radical (unpaired) electrons. The highest BCUT2D eigenvalue weighted by atomic mass is 16.4. The zero-order chi connectivity index (χ0) is 24.7. The summed E-state index contributed by atoms with van der Waals surface area (Å²) in [4.78, 5) is 51.8. The summed E-state index contributed by atoms with van der Waals surface area (Å²) in [6.45, 7) is 1.78. The number of nitrogens with one attached hydrogen (secondary N) is 4. The molecule has 2 rings (SSSR count). The molecule has 5 atom stereocenters. The summed E-state index contributed by atoms with van der Waals surface area (Å²) in [6, 6.07) is 2.16. The monoisotopic (exact) mass is 463 g/mol. The number of carbonyl (C=O) groups excluding carboxylic acids is 3. The summed E-state index contributed by atoms with van der Waals surface area (Å²) >= 11 is 0. The van der Waals surface area contributed by atoms with Crippen LogP contribution in [0, 0.1) is 0 Å². The predicted octanol–water partition coefficient (Wildman–Crippen LogP) is -2.03. The molecule has 12 heteroatoms. The van der Waals surface area contributed by atoms with Crippen molar-refractivity contribution < 1.29 is 34.5 Å². The Labute approximate surface area is 189 Å². The van der Waals surface area contributed by atoms with Crippen LogP contribution in [-0.4, -0.2) is 80.9 Å². The number of carboxylic acids is 1. The fraction of sp³-hybridized carbons (Fsp3) is 0.429. The first-order chi connectivity index (χ1) is 15.5. The first-order valence-corrected chi connectivity index (χ1v) is 10.3. The van der Waals surface area contributed by atoms with E-state index in [1.54, 1.807) is 6.20 Å².